The van der Waals surface area contributed by atoms with E-state index in [2.05, 4.69) is 9.88 Å². The highest BCUT2D eigenvalue weighted by molar-refractivity contribution is 7.91. The Morgan fingerprint density at radius 3 is 2.40 bits per heavy atom. The molecule has 1 unspecified atom stereocenters. The normalized spacial score (nSPS) is 22.1. The molecule has 2 aromatic rings. The number of benzene rings is 1. The zero-order valence-electron chi connectivity index (χ0n) is 17.0. The number of nitrogens with zero attached hydrogens (tertiary/aromatic N) is 3. The van der Waals surface area contributed by atoms with E-state index in [1.54, 1.807) is 12.1 Å². The Kier molecular flexibility index (Phi) is 5.77. The minimum atomic E-state index is -3.03. The number of sulfone groups is 1. The van der Waals surface area contributed by atoms with E-state index in [1.165, 1.54) is 12.1 Å². The number of aromatic nitrogens is 1. The summed E-state index contributed by atoms with van der Waals surface area (Å²) < 4.78 is 37.0. The molecule has 2 aliphatic rings. The average molecular weight is 432 g/mol. The number of aryl methyl sites for hydroxylation is 1. The van der Waals surface area contributed by atoms with Crippen molar-refractivity contribution < 1.29 is 17.6 Å². The molecule has 0 saturated carbocycles. The molecule has 30 heavy (non-hydrogen) atoms. The molecule has 2 saturated heterocycles. The van der Waals surface area contributed by atoms with Crippen LogP contribution in [0.3, 0.4) is 0 Å². The number of hydrogen-bond donors (Lipinski definition) is 0. The molecule has 6 nitrogen and oxygen atoms in total. The van der Waals surface area contributed by atoms with Crippen LogP contribution in [-0.2, 0) is 14.6 Å². The first-order chi connectivity index (χ1) is 14.3. The van der Waals surface area contributed by atoms with Crippen molar-refractivity contribution >= 4 is 21.4 Å². The quantitative estimate of drug-likeness (QED) is 0.747. The van der Waals surface area contributed by atoms with E-state index in [4.69, 9.17) is 0 Å². The fourth-order valence-corrected chi connectivity index (χ4v) is 5.76. The molecule has 4 rings (SSSR count). The standard InChI is InChI=1S/C22H26FN3O3S/c1-16-2-7-20(14-24-16)25-10-11-26(21(15-25)17-3-5-19(23)6-4-17)22(27)18-8-12-30(28,29)13-9-18/h2-7,14,18,21H,8-13,15H2,1H3. The zero-order chi connectivity index (χ0) is 21.3. The summed E-state index contributed by atoms with van der Waals surface area (Å²) in [6.07, 6.45) is 2.58. The van der Waals surface area contributed by atoms with Gasteiger partial charge in [0.2, 0.25) is 5.91 Å². The van der Waals surface area contributed by atoms with Gasteiger partial charge in [-0.25, -0.2) is 12.8 Å². The van der Waals surface area contributed by atoms with Crippen LogP contribution in [0.15, 0.2) is 42.6 Å². The first-order valence-corrected chi connectivity index (χ1v) is 12.1. The van der Waals surface area contributed by atoms with E-state index in [-0.39, 0.29) is 35.2 Å². The lowest BCUT2D eigenvalue weighted by atomic mass is 9.96. The van der Waals surface area contributed by atoms with Gasteiger partial charge < -0.3 is 9.80 Å². The summed E-state index contributed by atoms with van der Waals surface area (Å²) in [5, 5.41) is 0. The van der Waals surface area contributed by atoms with Gasteiger partial charge in [-0.15, -0.1) is 0 Å². The van der Waals surface area contributed by atoms with E-state index >= 15 is 0 Å². The number of anilines is 1. The molecule has 0 bridgehead atoms. The Bertz CT molecular complexity index is 995. The first kappa shape index (κ1) is 20.8. The molecule has 0 spiro atoms. The predicted octanol–water partition coefficient (Wildman–Crippen LogP) is 2.74. The van der Waals surface area contributed by atoms with Gasteiger partial charge in [-0.1, -0.05) is 12.1 Å². The number of pyridine rings is 1. The molecule has 1 aromatic carbocycles. The van der Waals surface area contributed by atoms with Gasteiger partial charge in [0.05, 0.1) is 29.4 Å². The molecule has 1 amide bonds. The Morgan fingerprint density at radius 2 is 1.77 bits per heavy atom. The molecule has 1 aromatic heterocycles. The van der Waals surface area contributed by atoms with Crippen molar-refractivity contribution in [3.63, 3.8) is 0 Å². The summed E-state index contributed by atoms with van der Waals surface area (Å²) >= 11 is 0. The molecule has 1 atom stereocenters. The summed E-state index contributed by atoms with van der Waals surface area (Å²) in [7, 11) is -3.03. The van der Waals surface area contributed by atoms with Crippen molar-refractivity contribution in [2.24, 2.45) is 5.92 Å². The van der Waals surface area contributed by atoms with Crippen LogP contribution in [0.2, 0.25) is 0 Å². The van der Waals surface area contributed by atoms with Crippen molar-refractivity contribution in [1.29, 1.82) is 0 Å². The number of hydrogen-bond acceptors (Lipinski definition) is 5. The molecule has 2 aliphatic heterocycles. The smallest absolute Gasteiger partial charge is 0.226 e. The van der Waals surface area contributed by atoms with Gasteiger partial charge in [0.25, 0.3) is 0 Å². The fourth-order valence-electron chi connectivity index (χ4n) is 4.27. The lowest BCUT2D eigenvalue weighted by molar-refractivity contribution is -0.138. The molecule has 0 aliphatic carbocycles. The molecule has 8 heteroatoms. The Hall–Kier alpha value is -2.48. The largest absolute Gasteiger partial charge is 0.366 e. The average Bonchev–Trinajstić information content (AvgIpc) is 2.74. The third-order valence-corrected chi connectivity index (χ3v) is 7.80. The summed E-state index contributed by atoms with van der Waals surface area (Å²) in [6, 6.07) is 10.0. The van der Waals surface area contributed by atoms with Crippen LogP contribution in [0.25, 0.3) is 0 Å². The van der Waals surface area contributed by atoms with Crippen LogP contribution in [0.5, 0.6) is 0 Å². The van der Waals surface area contributed by atoms with Crippen LogP contribution in [-0.4, -0.2) is 55.3 Å². The second kappa shape index (κ2) is 8.34. The van der Waals surface area contributed by atoms with E-state index in [9.17, 15) is 17.6 Å². The first-order valence-electron chi connectivity index (χ1n) is 10.3. The molecule has 3 heterocycles. The fraction of sp³-hybridized carbons (Fsp3) is 0.455. The van der Waals surface area contributed by atoms with Crippen molar-refractivity contribution in [3.8, 4) is 0 Å². The van der Waals surface area contributed by atoms with Crippen LogP contribution in [0.1, 0.15) is 30.1 Å². The number of piperazine rings is 1. The highest BCUT2D eigenvalue weighted by Gasteiger charge is 2.37. The maximum atomic E-state index is 13.5. The topological polar surface area (TPSA) is 70.6 Å². The van der Waals surface area contributed by atoms with Gasteiger partial charge in [0.15, 0.2) is 0 Å². The lowest BCUT2D eigenvalue weighted by Gasteiger charge is -2.44. The van der Waals surface area contributed by atoms with Crippen molar-refractivity contribution in [2.45, 2.75) is 25.8 Å². The third-order valence-electron chi connectivity index (χ3n) is 6.08. The predicted molar refractivity (Wildman–Crippen MR) is 113 cm³/mol. The number of amides is 1. The maximum absolute atomic E-state index is 13.5. The molecule has 2 fully saturated rings. The number of carbonyl (C=O) groups excluding carboxylic acids is 1. The van der Waals surface area contributed by atoms with Crippen molar-refractivity contribution in [2.75, 3.05) is 36.0 Å². The van der Waals surface area contributed by atoms with Gasteiger partial charge in [-0.3, -0.25) is 9.78 Å². The lowest BCUT2D eigenvalue weighted by Crippen LogP contribution is -2.53. The van der Waals surface area contributed by atoms with E-state index in [1.807, 2.05) is 30.2 Å². The van der Waals surface area contributed by atoms with E-state index < -0.39 is 9.84 Å². The van der Waals surface area contributed by atoms with Crippen LogP contribution in [0.4, 0.5) is 10.1 Å². The van der Waals surface area contributed by atoms with Gasteiger partial charge in [0, 0.05) is 31.2 Å². The number of carbonyl (C=O) groups is 1. The zero-order valence-corrected chi connectivity index (χ0v) is 17.8. The summed E-state index contributed by atoms with van der Waals surface area (Å²) in [5.74, 6) is -0.450. The Labute approximate surface area is 176 Å². The minimum absolute atomic E-state index is 0.000839. The van der Waals surface area contributed by atoms with Crippen molar-refractivity contribution in [1.82, 2.24) is 9.88 Å². The molecule has 160 valence electrons. The highest BCUT2D eigenvalue weighted by atomic mass is 32.2. The summed E-state index contributed by atoms with van der Waals surface area (Å²) in [5.41, 5.74) is 2.80. The van der Waals surface area contributed by atoms with Crippen molar-refractivity contribution in [3.05, 3.63) is 59.7 Å². The van der Waals surface area contributed by atoms with Gasteiger partial charge >= 0.3 is 0 Å². The molecular weight excluding hydrogens is 405 g/mol. The maximum Gasteiger partial charge on any atom is 0.226 e. The summed E-state index contributed by atoms with van der Waals surface area (Å²) in [6.45, 7) is 3.70. The van der Waals surface area contributed by atoms with Crippen LogP contribution < -0.4 is 4.90 Å². The van der Waals surface area contributed by atoms with E-state index in [0.717, 1.165) is 16.9 Å². The van der Waals surface area contributed by atoms with Crippen LogP contribution in [0, 0.1) is 18.7 Å². The van der Waals surface area contributed by atoms with Crippen LogP contribution >= 0.6 is 0 Å². The second-order valence-electron chi connectivity index (χ2n) is 8.13. The molecular formula is C22H26FN3O3S. The molecule has 0 N–H and O–H groups in total. The van der Waals surface area contributed by atoms with Gasteiger partial charge in [-0.2, -0.15) is 0 Å². The second-order valence-corrected chi connectivity index (χ2v) is 10.4. The number of halogens is 1. The third kappa shape index (κ3) is 4.48. The Morgan fingerprint density at radius 1 is 1.07 bits per heavy atom. The monoisotopic (exact) mass is 431 g/mol. The Balaban J connectivity index is 1.58. The van der Waals surface area contributed by atoms with E-state index in [0.29, 0.717) is 32.5 Å². The highest BCUT2D eigenvalue weighted by Crippen LogP contribution is 2.32. The van der Waals surface area contributed by atoms with Gasteiger partial charge in [0.1, 0.15) is 15.7 Å². The van der Waals surface area contributed by atoms with Gasteiger partial charge in [-0.05, 0) is 49.6 Å². The minimum Gasteiger partial charge on any atom is -0.366 e. The number of rotatable bonds is 3. The SMILES string of the molecule is Cc1ccc(N2CCN(C(=O)C3CCS(=O)(=O)CC3)C(c3ccc(F)cc3)C2)cn1. The summed E-state index contributed by atoms with van der Waals surface area (Å²) in [4.78, 5) is 21.8. The molecule has 0 radical (unpaired) electrons.